The summed E-state index contributed by atoms with van der Waals surface area (Å²) in [5.74, 6) is 0. The van der Waals surface area contributed by atoms with Crippen LogP contribution >= 0.6 is 0 Å². The molecule has 7 nitrogen and oxygen atoms in total. The van der Waals surface area contributed by atoms with Crippen LogP contribution in [0, 0.1) is 0 Å². The Morgan fingerprint density at radius 3 is 2.80 bits per heavy atom. The predicted octanol–water partition coefficient (Wildman–Crippen LogP) is 0.907. The Bertz CT molecular complexity index is 739. The summed E-state index contributed by atoms with van der Waals surface area (Å²) in [7, 11) is -7.55. The van der Waals surface area contributed by atoms with Crippen molar-refractivity contribution in [2.75, 3.05) is 11.9 Å². The molecule has 1 aliphatic rings. The minimum atomic E-state index is -3.84. The Morgan fingerprint density at radius 2 is 2.10 bits per heavy atom. The first-order valence-electron chi connectivity index (χ1n) is 6.06. The summed E-state index contributed by atoms with van der Waals surface area (Å²) in [4.78, 5) is -0.229. The van der Waals surface area contributed by atoms with Crippen LogP contribution in [0.3, 0.4) is 0 Å². The van der Waals surface area contributed by atoms with Gasteiger partial charge in [0.25, 0.3) is 10.0 Å². The topological polar surface area (TPSA) is 105 Å². The summed E-state index contributed by atoms with van der Waals surface area (Å²) >= 11 is 0. The number of nitrogens with zero attached hydrogens (tertiary/aromatic N) is 1. The zero-order valence-electron chi connectivity index (χ0n) is 10.8. The van der Waals surface area contributed by atoms with E-state index in [0.29, 0.717) is 18.7 Å². The molecule has 0 saturated carbocycles. The first kappa shape index (κ1) is 14.9. The fourth-order valence-corrected chi connectivity index (χ4v) is 3.85. The Balaban J connectivity index is 2.37. The van der Waals surface area contributed by atoms with Crippen molar-refractivity contribution in [3.63, 3.8) is 0 Å². The standard InChI is InChI=1S/C11H15N3O4S2/c1-2-3-6-13-19(15,16)9-4-5-10-11(7-9)20(17,18)14-8-12-10/h4-5,7-8,13H,2-3,6H2,1H3,(H,12,14). The number of nitrogens with one attached hydrogen (secondary N) is 2. The van der Waals surface area contributed by atoms with Crippen molar-refractivity contribution in [1.82, 2.24) is 4.72 Å². The maximum absolute atomic E-state index is 12.0. The van der Waals surface area contributed by atoms with Gasteiger partial charge in [0, 0.05) is 6.54 Å². The van der Waals surface area contributed by atoms with Crippen LogP contribution in [0.4, 0.5) is 5.69 Å². The van der Waals surface area contributed by atoms with Gasteiger partial charge in [-0.05, 0) is 24.6 Å². The van der Waals surface area contributed by atoms with E-state index in [1.165, 1.54) is 12.1 Å². The molecular formula is C11H15N3O4S2. The van der Waals surface area contributed by atoms with Crippen molar-refractivity contribution in [2.45, 2.75) is 29.6 Å². The van der Waals surface area contributed by atoms with Crippen LogP contribution in [0.25, 0.3) is 0 Å². The van der Waals surface area contributed by atoms with Crippen LogP contribution in [-0.2, 0) is 20.0 Å². The third-order valence-electron chi connectivity index (χ3n) is 2.78. The molecule has 0 spiro atoms. The van der Waals surface area contributed by atoms with Gasteiger partial charge < -0.3 is 5.32 Å². The summed E-state index contributed by atoms with van der Waals surface area (Å²) < 4.78 is 53.3. The minimum absolute atomic E-state index is 0.0881. The molecule has 0 atom stereocenters. The number of benzene rings is 1. The monoisotopic (exact) mass is 317 g/mol. The van der Waals surface area contributed by atoms with E-state index in [2.05, 4.69) is 14.4 Å². The largest absolute Gasteiger partial charge is 0.345 e. The maximum Gasteiger partial charge on any atom is 0.285 e. The van der Waals surface area contributed by atoms with Crippen molar-refractivity contribution in [2.24, 2.45) is 4.40 Å². The number of sulfonamides is 2. The molecule has 2 rings (SSSR count). The lowest BCUT2D eigenvalue weighted by Crippen LogP contribution is -2.25. The Labute approximate surface area is 118 Å². The molecule has 9 heteroatoms. The zero-order valence-corrected chi connectivity index (χ0v) is 12.5. The van der Waals surface area contributed by atoms with Crippen LogP contribution in [0.5, 0.6) is 0 Å². The second kappa shape index (κ2) is 5.51. The molecule has 0 amide bonds. The molecule has 0 bridgehead atoms. The number of hydrogen-bond donors (Lipinski definition) is 2. The van der Waals surface area contributed by atoms with Gasteiger partial charge >= 0.3 is 0 Å². The van der Waals surface area contributed by atoms with E-state index >= 15 is 0 Å². The van der Waals surface area contributed by atoms with Gasteiger partial charge in [0.1, 0.15) is 11.2 Å². The lowest BCUT2D eigenvalue weighted by atomic mass is 10.3. The molecule has 0 unspecified atom stereocenters. The van der Waals surface area contributed by atoms with Gasteiger partial charge in [0.05, 0.1) is 10.6 Å². The molecule has 0 aromatic heterocycles. The van der Waals surface area contributed by atoms with Crippen molar-refractivity contribution >= 4 is 32.1 Å². The molecule has 0 fully saturated rings. The molecule has 0 radical (unpaired) electrons. The summed E-state index contributed by atoms with van der Waals surface area (Å²) in [6.07, 6.45) is 2.64. The van der Waals surface area contributed by atoms with E-state index in [1.807, 2.05) is 6.92 Å². The zero-order chi connectivity index (χ0) is 14.8. The molecule has 0 saturated heterocycles. The minimum Gasteiger partial charge on any atom is -0.345 e. The Hall–Kier alpha value is -1.45. The van der Waals surface area contributed by atoms with Crippen LogP contribution < -0.4 is 10.0 Å². The lowest BCUT2D eigenvalue weighted by molar-refractivity contribution is 0.578. The van der Waals surface area contributed by atoms with Gasteiger partial charge in [-0.2, -0.15) is 8.42 Å². The second-order valence-electron chi connectivity index (χ2n) is 4.26. The smallest absolute Gasteiger partial charge is 0.285 e. The van der Waals surface area contributed by atoms with Crippen molar-refractivity contribution in [3.05, 3.63) is 18.2 Å². The van der Waals surface area contributed by atoms with E-state index in [9.17, 15) is 16.8 Å². The molecule has 1 heterocycles. The number of rotatable bonds is 5. The van der Waals surface area contributed by atoms with Crippen LogP contribution in [0.15, 0.2) is 32.4 Å². The highest BCUT2D eigenvalue weighted by atomic mass is 32.2. The summed E-state index contributed by atoms with van der Waals surface area (Å²) in [5.41, 5.74) is 0.313. The number of fused-ring (bicyclic) bond motifs is 1. The highest BCUT2D eigenvalue weighted by Crippen LogP contribution is 2.28. The van der Waals surface area contributed by atoms with Crippen LogP contribution in [-0.4, -0.2) is 29.7 Å². The molecular weight excluding hydrogens is 302 g/mol. The summed E-state index contributed by atoms with van der Waals surface area (Å²) in [6.45, 7) is 2.27. The van der Waals surface area contributed by atoms with E-state index in [1.54, 1.807) is 0 Å². The van der Waals surface area contributed by atoms with Crippen molar-refractivity contribution in [1.29, 1.82) is 0 Å². The molecule has 1 aliphatic heterocycles. The van der Waals surface area contributed by atoms with Gasteiger partial charge in [-0.1, -0.05) is 13.3 Å². The molecule has 0 aliphatic carbocycles. The SMILES string of the molecule is CCCCNS(=O)(=O)c1ccc2c(c1)S(=O)(=O)N=CN2. The highest BCUT2D eigenvalue weighted by molar-refractivity contribution is 7.91. The molecule has 2 N–H and O–H groups in total. The molecule has 1 aromatic carbocycles. The number of anilines is 1. The van der Waals surface area contributed by atoms with E-state index < -0.39 is 20.0 Å². The van der Waals surface area contributed by atoms with Gasteiger partial charge in [0.15, 0.2) is 0 Å². The second-order valence-corrected chi connectivity index (χ2v) is 7.63. The van der Waals surface area contributed by atoms with Crippen molar-refractivity contribution < 1.29 is 16.8 Å². The van der Waals surface area contributed by atoms with E-state index in [0.717, 1.165) is 18.8 Å². The van der Waals surface area contributed by atoms with Gasteiger partial charge in [0.2, 0.25) is 10.0 Å². The van der Waals surface area contributed by atoms with Gasteiger partial charge in [-0.15, -0.1) is 4.40 Å². The fraction of sp³-hybridized carbons (Fsp3) is 0.364. The average Bonchev–Trinajstić information content (AvgIpc) is 2.38. The van der Waals surface area contributed by atoms with Crippen molar-refractivity contribution in [3.8, 4) is 0 Å². The lowest BCUT2D eigenvalue weighted by Gasteiger charge is -2.14. The quantitative estimate of drug-likeness (QED) is 0.785. The van der Waals surface area contributed by atoms with Crippen LogP contribution in [0.1, 0.15) is 19.8 Å². The molecule has 110 valence electrons. The maximum atomic E-state index is 12.0. The van der Waals surface area contributed by atoms with E-state index in [4.69, 9.17) is 0 Å². The van der Waals surface area contributed by atoms with Crippen LogP contribution in [0.2, 0.25) is 0 Å². The van der Waals surface area contributed by atoms with Gasteiger partial charge in [-0.3, -0.25) is 0 Å². The first-order valence-corrected chi connectivity index (χ1v) is 8.98. The van der Waals surface area contributed by atoms with E-state index in [-0.39, 0.29) is 9.79 Å². The summed E-state index contributed by atoms with van der Waals surface area (Å²) in [6, 6.07) is 3.88. The molecule has 1 aromatic rings. The Morgan fingerprint density at radius 1 is 1.35 bits per heavy atom. The fourth-order valence-electron chi connectivity index (χ4n) is 1.69. The highest BCUT2D eigenvalue weighted by Gasteiger charge is 2.24. The summed E-state index contributed by atoms with van der Waals surface area (Å²) in [5, 5.41) is 2.66. The predicted molar refractivity (Wildman–Crippen MR) is 75.8 cm³/mol. The normalized spacial score (nSPS) is 16.4. The average molecular weight is 317 g/mol. The number of unbranched alkanes of at least 4 members (excludes halogenated alkanes) is 1. The van der Waals surface area contributed by atoms with Gasteiger partial charge in [-0.25, -0.2) is 13.1 Å². The third kappa shape index (κ3) is 3.00. The third-order valence-corrected chi connectivity index (χ3v) is 5.51. The first-order chi connectivity index (χ1) is 9.37. The molecule has 20 heavy (non-hydrogen) atoms. The Kier molecular flexibility index (Phi) is 4.11. The number of hydrogen-bond acceptors (Lipinski definition) is 5.